The minimum absolute atomic E-state index is 0.0708. The Hall–Kier alpha value is 0.680. The zero-order valence-electron chi connectivity index (χ0n) is 8.05. The molecule has 1 heterocycles. The van der Waals surface area contributed by atoms with E-state index in [-0.39, 0.29) is 5.50 Å². The number of alkyl halides is 1. The van der Waals surface area contributed by atoms with Gasteiger partial charge in [0.05, 0.1) is 4.24 Å². The highest BCUT2D eigenvalue weighted by atomic mass is 79.9. The predicted molar refractivity (Wildman–Crippen MR) is 69.0 cm³/mol. The van der Waals surface area contributed by atoms with Crippen LogP contribution in [0.3, 0.4) is 0 Å². The van der Waals surface area contributed by atoms with E-state index < -0.39 is 0 Å². The van der Waals surface area contributed by atoms with E-state index in [9.17, 15) is 0 Å². The molecule has 0 radical (unpaired) electrons. The van der Waals surface area contributed by atoms with Crippen molar-refractivity contribution in [1.29, 1.82) is 0 Å². The van der Waals surface area contributed by atoms with E-state index in [0.717, 1.165) is 5.33 Å². The van der Waals surface area contributed by atoms with Gasteiger partial charge in [0.25, 0.3) is 0 Å². The fourth-order valence-corrected chi connectivity index (χ4v) is 3.29. The van der Waals surface area contributed by atoms with Crippen LogP contribution in [0.2, 0.25) is 0 Å². The highest BCUT2D eigenvalue weighted by molar-refractivity contribution is 9.09. The molecule has 0 spiro atoms. The molecule has 0 saturated heterocycles. The van der Waals surface area contributed by atoms with Crippen molar-refractivity contribution >= 4 is 39.5 Å². The molecule has 1 atom stereocenters. The van der Waals surface area contributed by atoms with Crippen LogP contribution < -0.4 is 11.1 Å². The van der Waals surface area contributed by atoms with E-state index in [1.807, 2.05) is 31.8 Å². The Kier molecular flexibility index (Phi) is 9.73. The number of hydrogen-bond acceptors (Lipinski definition) is 4. The Labute approximate surface area is 97.6 Å². The van der Waals surface area contributed by atoms with Crippen molar-refractivity contribution in [2.75, 3.05) is 11.1 Å². The normalized spacial score (nSPS) is 20.0. The number of rotatable bonds is 4. The lowest BCUT2D eigenvalue weighted by molar-refractivity contribution is 0.837. The summed E-state index contributed by atoms with van der Waals surface area (Å²) >= 11 is 6.95. The maximum atomic E-state index is 5.61. The SMILES string of the molecule is CC.NC1NC=C(SCCCBr)S1. The molecule has 13 heavy (non-hydrogen) atoms. The van der Waals surface area contributed by atoms with Crippen molar-refractivity contribution in [2.45, 2.75) is 25.8 Å². The molecule has 78 valence electrons. The van der Waals surface area contributed by atoms with Gasteiger partial charge in [-0.25, -0.2) is 0 Å². The molecule has 0 amide bonds. The molecule has 1 aliphatic rings. The zero-order valence-corrected chi connectivity index (χ0v) is 11.3. The van der Waals surface area contributed by atoms with Gasteiger partial charge >= 0.3 is 0 Å². The number of halogens is 1. The Morgan fingerprint density at radius 2 is 2.38 bits per heavy atom. The summed E-state index contributed by atoms with van der Waals surface area (Å²) in [5.74, 6) is 1.17. The molecule has 1 aliphatic heterocycles. The summed E-state index contributed by atoms with van der Waals surface area (Å²) in [6.07, 6.45) is 3.20. The maximum Gasteiger partial charge on any atom is 0.127 e. The van der Waals surface area contributed by atoms with Gasteiger partial charge < -0.3 is 11.1 Å². The summed E-state index contributed by atoms with van der Waals surface area (Å²) in [5.41, 5.74) is 5.68. The fourth-order valence-electron chi connectivity index (χ4n) is 0.646. The van der Waals surface area contributed by atoms with Crippen LogP contribution in [-0.2, 0) is 0 Å². The second kappa shape index (κ2) is 9.24. The van der Waals surface area contributed by atoms with Gasteiger partial charge in [0.1, 0.15) is 5.50 Å². The van der Waals surface area contributed by atoms with Crippen molar-refractivity contribution in [3.05, 3.63) is 10.4 Å². The van der Waals surface area contributed by atoms with Crippen LogP contribution in [0.15, 0.2) is 10.4 Å². The Morgan fingerprint density at radius 3 is 2.85 bits per heavy atom. The summed E-state index contributed by atoms with van der Waals surface area (Å²) in [7, 11) is 0. The van der Waals surface area contributed by atoms with E-state index in [2.05, 4.69) is 21.2 Å². The minimum Gasteiger partial charge on any atom is -0.366 e. The van der Waals surface area contributed by atoms with Gasteiger partial charge in [-0.15, -0.1) is 11.8 Å². The Balaban J connectivity index is 0.000000671. The lowest BCUT2D eigenvalue weighted by atomic mass is 10.6. The fraction of sp³-hybridized carbons (Fsp3) is 0.750. The average molecular weight is 285 g/mol. The van der Waals surface area contributed by atoms with Crippen molar-refractivity contribution in [1.82, 2.24) is 5.32 Å². The van der Waals surface area contributed by atoms with Crippen molar-refractivity contribution in [3.8, 4) is 0 Å². The van der Waals surface area contributed by atoms with E-state index in [0.29, 0.717) is 0 Å². The molecule has 0 bridgehead atoms. The van der Waals surface area contributed by atoms with Crippen LogP contribution in [0.5, 0.6) is 0 Å². The highest BCUT2D eigenvalue weighted by Gasteiger charge is 2.11. The van der Waals surface area contributed by atoms with Crippen LogP contribution in [0, 0.1) is 0 Å². The molecule has 0 aromatic heterocycles. The monoisotopic (exact) mass is 284 g/mol. The van der Waals surface area contributed by atoms with Crippen molar-refractivity contribution < 1.29 is 0 Å². The summed E-state index contributed by atoms with van der Waals surface area (Å²) in [6.45, 7) is 4.00. The quantitative estimate of drug-likeness (QED) is 0.615. The molecule has 0 aromatic carbocycles. The Morgan fingerprint density at radius 1 is 1.69 bits per heavy atom. The molecule has 0 fully saturated rings. The molecule has 0 aliphatic carbocycles. The minimum atomic E-state index is 0.0708. The third-order valence-electron chi connectivity index (χ3n) is 1.13. The predicted octanol–water partition coefficient (Wildman–Crippen LogP) is 2.91. The highest BCUT2D eigenvalue weighted by Crippen LogP contribution is 2.33. The summed E-state index contributed by atoms with van der Waals surface area (Å²) in [6, 6.07) is 0. The molecule has 0 saturated carbocycles. The smallest absolute Gasteiger partial charge is 0.127 e. The topological polar surface area (TPSA) is 38.0 Å². The molecular weight excluding hydrogens is 268 g/mol. The van der Waals surface area contributed by atoms with Gasteiger partial charge in [0.2, 0.25) is 0 Å². The third kappa shape index (κ3) is 6.71. The van der Waals surface area contributed by atoms with Crippen LogP contribution in [-0.4, -0.2) is 16.6 Å². The lowest BCUT2D eigenvalue weighted by Gasteiger charge is -2.01. The number of hydrogen-bond donors (Lipinski definition) is 2. The molecule has 0 aromatic rings. The van der Waals surface area contributed by atoms with Crippen molar-refractivity contribution in [2.24, 2.45) is 5.73 Å². The van der Waals surface area contributed by atoms with E-state index >= 15 is 0 Å². The summed E-state index contributed by atoms with van der Waals surface area (Å²) in [4.78, 5) is 0. The first-order valence-corrected chi connectivity index (χ1v) is 7.39. The molecule has 1 rings (SSSR count). The molecule has 3 N–H and O–H groups in total. The summed E-state index contributed by atoms with van der Waals surface area (Å²) < 4.78 is 1.30. The van der Waals surface area contributed by atoms with Gasteiger partial charge in [-0.2, -0.15) is 0 Å². The second-order valence-corrected chi connectivity index (χ2v) is 5.43. The van der Waals surface area contributed by atoms with E-state index in [1.165, 1.54) is 16.4 Å². The molecule has 1 unspecified atom stereocenters. The Bertz CT molecular complexity index is 153. The number of nitrogens with two attached hydrogens (primary N) is 1. The zero-order chi connectivity index (χ0) is 10.1. The summed E-state index contributed by atoms with van der Waals surface area (Å²) in [5, 5.41) is 4.12. The van der Waals surface area contributed by atoms with Gasteiger partial charge in [-0.3, -0.25) is 0 Å². The van der Waals surface area contributed by atoms with Gasteiger partial charge in [-0.05, 0) is 12.2 Å². The first kappa shape index (κ1) is 13.7. The van der Waals surface area contributed by atoms with Gasteiger partial charge in [0, 0.05) is 11.5 Å². The lowest BCUT2D eigenvalue weighted by Crippen LogP contribution is -2.25. The van der Waals surface area contributed by atoms with E-state index in [4.69, 9.17) is 5.73 Å². The largest absolute Gasteiger partial charge is 0.366 e. The molecular formula is C8H17BrN2S2. The maximum absolute atomic E-state index is 5.61. The number of nitrogens with one attached hydrogen (secondary N) is 1. The van der Waals surface area contributed by atoms with Crippen LogP contribution >= 0.6 is 39.5 Å². The molecule has 2 nitrogen and oxygen atoms in total. The average Bonchev–Trinajstić information content (AvgIpc) is 2.56. The first-order valence-electron chi connectivity index (χ1n) is 4.40. The van der Waals surface area contributed by atoms with Crippen molar-refractivity contribution in [3.63, 3.8) is 0 Å². The second-order valence-electron chi connectivity index (χ2n) is 2.06. The third-order valence-corrected chi connectivity index (χ3v) is 3.97. The van der Waals surface area contributed by atoms with Crippen LogP contribution in [0.1, 0.15) is 20.3 Å². The van der Waals surface area contributed by atoms with E-state index in [1.54, 1.807) is 11.8 Å². The van der Waals surface area contributed by atoms with Crippen LogP contribution in [0.4, 0.5) is 0 Å². The van der Waals surface area contributed by atoms with Crippen LogP contribution in [0.25, 0.3) is 0 Å². The van der Waals surface area contributed by atoms with Gasteiger partial charge in [0.15, 0.2) is 0 Å². The standard InChI is InChI=1S/C6H11BrN2S2.C2H6/c7-2-1-3-10-5-4-9-6(8)11-5;1-2/h4,6,9H,1-3,8H2;1-2H3. The van der Waals surface area contributed by atoms with Gasteiger partial charge in [-0.1, -0.05) is 41.5 Å². The number of thioether (sulfide) groups is 2. The first-order chi connectivity index (χ1) is 6.33. The molecule has 5 heteroatoms.